The molecule has 8 unspecified atom stereocenters. The Bertz CT molecular complexity index is 826. The van der Waals surface area contributed by atoms with E-state index in [1.807, 2.05) is 0 Å². The second-order valence-electron chi connectivity index (χ2n) is 10.1. The van der Waals surface area contributed by atoms with Crippen LogP contribution in [0.4, 0.5) is 0 Å². The van der Waals surface area contributed by atoms with Crippen molar-refractivity contribution in [1.82, 2.24) is 0 Å². The molecule has 10 saturated heterocycles. The monoisotopic (exact) mass is 278 g/mol. The molecule has 0 N–H and O–H groups in total. The van der Waals surface area contributed by atoms with Gasteiger partial charge in [-0.15, -0.1) is 0 Å². The summed E-state index contributed by atoms with van der Waals surface area (Å²) in [5.74, 6) is 0. The van der Waals surface area contributed by atoms with Crippen LogP contribution in [-0.4, -0.2) is 3.22 Å². The van der Waals surface area contributed by atoms with Gasteiger partial charge in [0.25, 0.3) is 0 Å². The minimum absolute atomic E-state index is 0.968. The number of hydrogen-bond acceptors (Lipinski definition) is 0. The summed E-state index contributed by atoms with van der Waals surface area (Å²) < 4.78 is 2.08. The van der Waals surface area contributed by atoms with Gasteiger partial charge in [0.15, 0.2) is 0 Å². The van der Waals surface area contributed by atoms with Crippen LogP contribution in [0.3, 0.4) is 0 Å². The van der Waals surface area contributed by atoms with Gasteiger partial charge in [-0.2, -0.15) is 0 Å². The van der Waals surface area contributed by atoms with E-state index in [2.05, 4.69) is 22.9 Å². The van der Waals surface area contributed by atoms with Crippen molar-refractivity contribution >= 4 is 15.9 Å². The van der Waals surface area contributed by atoms with E-state index in [0.717, 1.165) is 7.54 Å². The zero-order chi connectivity index (χ0) is 7.94. The summed E-state index contributed by atoms with van der Waals surface area (Å²) in [5.41, 5.74) is 0. The third kappa shape index (κ3) is 0.0305. The summed E-state index contributed by atoms with van der Waals surface area (Å²) in [6.45, 7) is 0.0886. The molecule has 10 aliphatic heterocycles. The van der Waals surface area contributed by atoms with Crippen LogP contribution < -0.4 is 0 Å². The van der Waals surface area contributed by atoms with Crippen LogP contribution in [0, 0.1) is 0 Å². The molecule has 0 amide bonds. The number of alkyl halides is 1. The first kappa shape index (κ1) is 4.47. The van der Waals surface area contributed by atoms with Gasteiger partial charge in [-0.25, -0.2) is 0 Å². The topological polar surface area (TPSA) is 0 Å². The Balaban J connectivity index is 2.19. The maximum atomic E-state index is 4.37. The Morgan fingerprint density at radius 3 is 1.38 bits per heavy atom. The zero-order valence-corrected chi connectivity index (χ0v) is 10.0. The summed E-state index contributed by atoms with van der Waals surface area (Å²) in [7, 11) is 0. The van der Waals surface area contributed by atoms with Crippen LogP contribution in [0.2, 0.25) is 42.8 Å². The molecule has 0 radical (unpaired) electrons. The van der Waals surface area contributed by atoms with E-state index in [1.165, 1.54) is 38.5 Å². The van der Waals surface area contributed by atoms with E-state index in [1.54, 1.807) is 0 Å². The predicted molar refractivity (Wildman–Crippen MR) is 50.0 cm³/mol. The van der Waals surface area contributed by atoms with Gasteiger partial charge in [-0.05, 0) is 0 Å². The quantitative estimate of drug-likeness (QED) is 0.463. The van der Waals surface area contributed by atoms with Crippen molar-refractivity contribution in [2.45, 2.75) is 53.0 Å². The molecule has 10 heterocycles. The number of hydrogen-bond donors (Lipinski definition) is 0. The Morgan fingerprint density at radius 1 is 0.923 bits per heavy atom. The Hall–Kier alpha value is 0.999. The first-order chi connectivity index (χ1) is 5.93. The molecule has 0 nitrogen and oxygen atoms in total. The SMILES string of the molecule is C[C]12[CH]3[CH]4[CH]5[CH]1[Fe]45321678[CH]2[CH]1[CH]6[C]7(Br)[CH]28. The Kier molecular flexibility index (Phi) is 0.0958. The summed E-state index contributed by atoms with van der Waals surface area (Å²) in [5, 5.41) is 0. The van der Waals surface area contributed by atoms with E-state index in [9.17, 15) is 0 Å². The van der Waals surface area contributed by atoms with Gasteiger partial charge in [-0.3, -0.25) is 0 Å². The third-order valence-electron chi connectivity index (χ3n) is 15.4. The molecule has 0 saturated carbocycles. The zero-order valence-electron chi connectivity index (χ0n) is 7.35. The van der Waals surface area contributed by atoms with Gasteiger partial charge in [0.05, 0.1) is 0 Å². The van der Waals surface area contributed by atoms with E-state index >= 15 is 0 Å². The second kappa shape index (κ2) is 0.278. The third-order valence-corrected chi connectivity index (χ3v) is 66.6. The fourth-order valence-corrected chi connectivity index (χ4v) is 106. The first-order valence-corrected chi connectivity index (χ1v) is 12.8. The minimum atomic E-state index is -2.70. The van der Waals surface area contributed by atoms with Crippen LogP contribution >= 0.6 is 15.9 Å². The molecule has 2 heteroatoms. The Labute approximate surface area is 75.2 Å². The molecule has 0 bridgehead atoms. The molecule has 0 aromatic carbocycles. The standard InChI is InChI=1S/C6H7.C5H4Br.Fe/c1-6-4-2-3-5-6;6-5-3-1-2-4-5;/h2-5H,1H3;1-4H;. The van der Waals surface area contributed by atoms with Crippen molar-refractivity contribution in [1.29, 1.82) is 0 Å². The van der Waals surface area contributed by atoms with E-state index < -0.39 is 6.51 Å². The van der Waals surface area contributed by atoms with Crippen LogP contribution in [0.15, 0.2) is 0 Å². The van der Waals surface area contributed by atoms with Gasteiger partial charge in [0.1, 0.15) is 0 Å². The van der Waals surface area contributed by atoms with E-state index in [0.29, 0.717) is 0 Å². The van der Waals surface area contributed by atoms with Crippen LogP contribution in [0.1, 0.15) is 6.92 Å². The Morgan fingerprint density at radius 2 is 1.38 bits per heavy atom. The van der Waals surface area contributed by atoms with E-state index in [4.69, 9.17) is 0 Å². The van der Waals surface area contributed by atoms with Crippen LogP contribution in [-0.2, 0) is 6.51 Å². The normalized spacial score (nSPS) is 158. The summed E-state index contributed by atoms with van der Waals surface area (Å²) in [6, 6.07) is 0. The average molecular weight is 279 g/mol. The van der Waals surface area contributed by atoms with Crippen molar-refractivity contribution in [3.05, 3.63) is 0 Å². The van der Waals surface area contributed by atoms with Gasteiger partial charge < -0.3 is 0 Å². The summed E-state index contributed by atoms with van der Waals surface area (Å²) in [4.78, 5) is 11.7. The molecular formula is C11H11BrFe. The second-order valence-corrected chi connectivity index (χ2v) is 35.5. The van der Waals surface area contributed by atoms with Gasteiger partial charge in [0.2, 0.25) is 0 Å². The molecule has 1 spiro atoms. The van der Waals surface area contributed by atoms with Crippen molar-refractivity contribution in [2.24, 2.45) is 0 Å². The molecule has 10 fully saturated rings. The van der Waals surface area contributed by atoms with E-state index in [-0.39, 0.29) is 0 Å². The average Bonchev–Trinajstić information content (AvgIpc) is 3.01. The molecule has 10 rings (SSSR count). The summed E-state index contributed by atoms with van der Waals surface area (Å²) in [6.07, 6.45) is 0. The molecule has 0 aromatic rings. The van der Waals surface area contributed by atoms with Crippen molar-refractivity contribution in [2.75, 3.05) is 0 Å². The molecule has 0 aromatic heterocycles. The fourth-order valence-electron chi connectivity index (χ4n) is 17.3. The van der Waals surface area contributed by atoms with Crippen molar-refractivity contribution < 1.29 is 6.51 Å². The van der Waals surface area contributed by atoms with Crippen LogP contribution in [0.25, 0.3) is 0 Å². The van der Waals surface area contributed by atoms with Crippen LogP contribution in [0.5, 0.6) is 0 Å². The molecular weight excluding hydrogens is 268 g/mol. The maximum absolute atomic E-state index is 4.37. The van der Waals surface area contributed by atoms with Gasteiger partial charge >= 0.3 is 75.4 Å². The van der Waals surface area contributed by atoms with Gasteiger partial charge in [-0.1, -0.05) is 0 Å². The number of rotatable bonds is 0. The number of fused-ring (bicyclic) bond motifs is 10. The first-order valence-electron chi connectivity index (χ1n) is 5.83. The van der Waals surface area contributed by atoms with Crippen molar-refractivity contribution in [3.8, 4) is 0 Å². The molecule has 70 valence electrons. The summed E-state index contributed by atoms with van der Waals surface area (Å²) >= 11 is 4.37. The fraction of sp³-hybridized carbons (Fsp3) is 1.00. The molecule has 0 aliphatic carbocycles. The predicted octanol–water partition coefficient (Wildman–Crippen LogP) is 4.07. The van der Waals surface area contributed by atoms with Gasteiger partial charge in [0, 0.05) is 0 Å². The van der Waals surface area contributed by atoms with Crippen molar-refractivity contribution in [3.63, 3.8) is 0 Å². The molecule has 10 aliphatic rings. The number of halogens is 1. The molecule has 13 heavy (non-hydrogen) atoms. The molecule has 8 atom stereocenters.